The zero-order chi connectivity index (χ0) is 22.0. The number of likely N-dealkylation sites (N-methyl/N-ethyl adjacent to an activating group) is 1. The first-order valence-corrected chi connectivity index (χ1v) is 11.8. The number of anilines is 1. The van der Waals surface area contributed by atoms with Crippen molar-refractivity contribution in [1.82, 2.24) is 4.90 Å². The molecule has 1 N–H and O–H groups in total. The zero-order valence-corrected chi connectivity index (χ0v) is 18.7. The highest BCUT2D eigenvalue weighted by atomic mass is 19.1. The molecule has 0 bridgehead atoms. The van der Waals surface area contributed by atoms with Crippen LogP contribution in [0.3, 0.4) is 0 Å². The highest BCUT2D eigenvalue weighted by Crippen LogP contribution is 2.65. The van der Waals surface area contributed by atoms with Crippen LogP contribution in [0.2, 0.25) is 0 Å². The molecular weight excluding hydrogens is 391 g/mol. The number of hydrogen-bond acceptors (Lipinski definition) is 2. The molecule has 0 radical (unpaired) electrons. The van der Waals surface area contributed by atoms with Crippen LogP contribution in [0.25, 0.3) is 0 Å². The van der Waals surface area contributed by atoms with Gasteiger partial charge in [-0.1, -0.05) is 26.0 Å². The lowest BCUT2D eigenvalue weighted by Gasteiger charge is -2.60. The fourth-order valence-corrected chi connectivity index (χ4v) is 7.96. The fourth-order valence-electron chi connectivity index (χ4n) is 7.96. The molecule has 0 unspecified atom stereocenters. The highest BCUT2D eigenvalue weighted by Gasteiger charge is 2.61. The second kappa shape index (κ2) is 7.18. The minimum atomic E-state index is -0.331. The molecule has 1 aliphatic heterocycles. The van der Waals surface area contributed by atoms with E-state index in [2.05, 4.69) is 25.2 Å². The van der Waals surface area contributed by atoms with E-state index in [0.717, 1.165) is 38.5 Å². The van der Waals surface area contributed by atoms with Crippen molar-refractivity contribution in [3.63, 3.8) is 0 Å². The molecule has 3 fully saturated rings. The van der Waals surface area contributed by atoms with Crippen molar-refractivity contribution in [2.45, 2.75) is 58.4 Å². The van der Waals surface area contributed by atoms with Crippen LogP contribution in [0.4, 0.5) is 10.1 Å². The van der Waals surface area contributed by atoms with E-state index in [0.29, 0.717) is 23.4 Å². The van der Waals surface area contributed by atoms with Crippen LogP contribution in [-0.2, 0) is 9.59 Å². The van der Waals surface area contributed by atoms with Crippen LogP contribution >= 0.6 is 0 Å². The van der Waals surface area contributed by atoms with Gasteiger partial charge in [0.15, 0.2) is 0 Å². The second-order valence-corrected chi connectivity index (χ2v) is 10.8. The van der Waals surface area contributed by atoms with Gasteiger partial charge in [-0.2, -0.15) is 0 Å². The van der Waals surface area contributed by atoms with E-state index < -0.39 is 0 Å². The maximum Gasteiger partial charge on any atom is 0.246 e. The number of nitrogens with zero attached hydrogens (tertiary/aromatic N) is 1. The Balaban J connectivity index is 1.38. The molecule has 166 valence electrons. The maximum atomic E-state index is 13.6. The third kappa shape index (κ3) is 3.07. The first-order chi connectivity index (χ1) is 14.7. The molecule has 1 aromatic carbocycles. The summed E-state index contributed by atoms with van der Waals surface area (Å²) in [5.41, 5.74) is 0.551. The molecule has 5 heteroatoms. The Morgan fingerprint density at radius 1 is 1.13 bits per heavy atom. The summed E-state index contributed by atoms with van der Waals surface area (Å²) < 4.78 is 13.6. The van der Waals surface area contributed by atoms with Gasteiger partial charge >= 0.3 is 0 Å². The molecule has 7 atom stereocenters. The van der Waals surface area contributed by atoms with E-state index >= 15 is 0 Å². The number of hydrogen-bond donors (Lipinski definition) is 1. The molecule has 1 heterocycles. The standard InChI is InChI=1S/C26H33FN2O2/c1-25-13-11-20-18(7-10-22-26(20,2)14-12-23(30)29(22)3)19(25)8-9-21(25)24(31)28-17-6-4-5-16(27)15-17/h4-6,12,14-15,18-22H,7-11,13H2,1-3H3,(H,28,31)/t18-,19-,20-,21+,22+,25-,26+/m0/s1. The summed E-state index contributed by atoms with van der Waals surface area (Å²) in [5.74, 6) is 1.48. The Hall–Kier alpha value is -2.17. The van der Waals surface area contributed by atoms with Crippen molar-refractivity contribution in [3.8, 4) is 0 Å². The predicted octanol–water partition coefficient (Wildman–Crippen LogP) is 5.02. The molecule has 0 aromatic heterocycles. The van der Waals surface area contributed by atoms with Crippen LogP contribution in [0.5, 0.6) is 0 Å². The number of carbonyl (C=O) groups is 2. The second-order valence-electron chi connectivity index (χ2n) is 10.8. The monoisotopic (exact) mass is 424 g/mol. The van der Waals surface area contributed by atoms with Gasteiger partial charge < -0.3 is 10.2 Å². The Morgan fingerprint density at radius 2 is 1.94 bits per heavy atom. The lowest BCUT2D eigenvalue weighted by Crippen LogP contribution is -2.59. The summed E-state index contributed by atoms with van der Waals surface area (Å²) in [6.07, 6.45) is 10.3. The SMILES string of the molecule is CN1C(=O)C=C[C@]2(C)[C@H]3CC[C@]4(C)[C@@H](C(=O)Nc5cccc(F)c5)CC[C@H]4[C@@H]3CC[C@@H]12. The quantitative estimate of drug-likeness (QED) is 0.725. The summed E-state index contributed by atoms with van der Waals surface area (Å²) in [6.45, 7) is 4.66. The summed E-state index contributed by atoms with van der Waals surface area (Å²) >= 11 is 0. The average molecular weight is 425 g/mol. The third-order valence-electron chi connectivity index (χ3n) is 9.54. The predicted molar refractivity (Wildman–Crippen MR) is 119 cm³/mol. The maximum absolute atomic E-state index is 13.6. The van der Waals surface area contributed by atoms with E-state index in [4.69, 9.17) is 0 Å². The van der Waals surface area contributed by atoms with E-state index in [1.54, 1.807) is 18.2 Å². The summed E-state index contributed by atoms with van der Waals surface area (Å²) in [5, 5.41) is 2.98. The smallest absolute Gasteiger partial charge is 0.246 e. The molecule has 4 nitrogen and oxygen atoms in total. The number of halogens is 1. The molecule has 3 saturated carbocycles. The summed E-state index contributed by atoms with van der Waals surface area (Å²) in [4.78, 5) is 27.4. The first kappa shape index (κ1) is 20.7. The molecule has 5 rings (SSSR count). The summed E-state index contributed by atoms with van der Waals surface area (Å²) in [6, 6.07) is 6.45. The van der Waals surface area contributed by atoms with Gasteiger partial charge in [-0.15, -0.1) is 0 Å². The Bertz CT molecular complexity index is 945. The van der Waals surface area contributed by atoms with Crippen molar-refractivity contribution in [2.75, 3.05) is 12.4 Å². The number of carbonyl (C=O) groups excluding carboxylic acids is 2. The van der Waals surface area contributed by atoms with Gasteiger partial charge in [0.1, 0.15) is 5.82 Å². The minimum Gasteiger partial charge on any atom is -0.338 e. The van der Waals surface area contributed by atoms with Crippen LogP contribution < -0.4 is 5.32 Å². The van der Waals surface area contributed by atoms with Gasteiger partial charge in [0.05, 0.1) is 0 Å². The van der Waals surface area contributed by atoms with Gasteiger partial charge in [0, 0.05) is 30.1 Å². The molecule has 3 aliphatic carbocycles. The number of rotatable bonds is 2. The Morgan fingerprint density at radius 3 is 2.71 bits per heavy atom. The summed E-state index contributed by atoms with van der Waals surface area (Å²) in [7, 11) is 1.95. The lowest BCUT2D eigenvalue weighted by atomic mass is 9.47. The van der Waals surface area contributed by atoms with Gasteiger partial charge in [-0.05, 0) is 86.0 Å². The third-order valence-corrected chi connectivity index (χ3v) is 9.54. The van der Waals surface area contributed by atoms with Crippen LogP contribution in [0.15, 0.2) is 36.4 Å². The van der Waals surface area contributed by atoms with Gasteiger partial charge in [0.2, 0.25) is 11.8 Å². The molecule has 0 saturated heterocycles. The van der Waals surface area contributed by atoms with Crippen molar-refractivity contribution in [2.24, 2.45) is 34.5 Å². The number of fused-ring (bicyclic) bond motifs is 5. The van der Waals surface area contributed by atoms with Crippen molar-refractivity contribution in [3.05, 3.63) is 42.2 Å². The van der Waals surface area contributed by atoms with Crippen molar-refractivity contribution < 1.29 is 14.0 Å². The van der Waals surface area contributed by atoms with Gasteiger partial charge in [-0.25, -0.2) is 4.39 Å². The number of nitrogens with one attached hydrogen (secondary N) is 1. The van der Waals surface area contributed by atoms with E-state index in [1.165, 1.54) is 12.1 Å². The zero-order valence-electron chi connectivity index (χ0n) is 18.7. The van der Waals surface area contributed by atoms with Gasteiger partial charge in [0.25, 0.3) is 0 Å². The molecule has 1 aromatic rings. The molecule has 4 aliphatic rings. The molecule has 2 amide bonds. The largest absolute Gasteiger partial charge is 0.338 e. The van der Waals surface area contributed by atoms with E-state index in [9.17, 15) is 14.0 Å². The normalized spacial score (nSPS) is 41.4. The average Bonchev–Trinajstić information content (AvgIpc) is 3.08. The lowest BCUT2D eigenvalue weighted by molar-refractivity contribution is -0.141. The van der Waals surface area contributed by atoms with Crippen LogP contribution in [0.1, 0.15) is 52.4 Å². The van der Waals surface area contributed by atoms with Crippen LogP contribution in [0, 0.1) is 40.3 Å². The molecular formula is C26H33FN2O2. The van der Waals surface area contributed by atoms with Crippen LogP contribution in [-0.4, -0.2) is 29.8 Å². The van der Waals surface area contributed by atoms with Crippen molar-refractivity contribution in [1.29, 1.82) is 0 Å². The van der Waals surface area contributed by atoms with Gasteiger partial charge in [-0.3, -0.25) is 9.59 Å². The Kier molecular flexibility index (Phi) is 4.80. The fraction of sp³-hybridized carbons (Fsp3) is 0.615. The molecule has 0 spiro atoms. The van der Waals surface area contributed by atoms with Crippen molar-refractivity contribution >= 4 is 17.5 Å². The van der Waals surface area contributed by atoms with E-state index in [-0.39, 0.29) is 40.4 Å². The first-order valence-electron chi connectivity index (χ1n) is 11.8. The minimum absolute atomic E-state index is 0.0120. The highest BCUT2D eigenvalue weighted by molar-refractivity contribution is 5.93. The number of amides is 2. The number of benzene rings is 1. The van der Waals surface area contributed by atoms with E-state index in [1.807, 2.05) is 11.9 Å². The molecule has 31 heavy (non-hydrogen) atoms. The topological polar surface area (TPSA) is 49.4 Å². The Labute approximate surface area is 184 Å².